The monoisotopic (exact) mass is 213 g/mol. The van der Waals surface area contributed by atoms with Crippen LogP contribution in [0.3, 0.4) is 0 Å². The van der Waals surface area contributed by atoms with Gasteiger partial charge in [0.1, 0.15) is 0 Å². The molecule has 0 aromatic rings. The van der Waals surface area contributed by atoms with Crippen LogP contribution in [-0.4, -0.2) is 35.1 Å². The molecule has 1 unspecified atom stereocenters. The first-order valence-electron chi connectivity index (χ1n) is 4.64. The van der Waals surface area contributed by atoms with Crippen molar-refractivity contribution in [3.8, 4) is 0 Å². The van der Waals surface area contributed by atoms with Crippen LogP contribution in [0.5, 0.6) is 0 Å². The normalized spacial score (nSPS) is 30.6. The zero-order chi connectivity index (χ0) is 11.6. The highest BCUT2D eigenvalue weighted by Crippen LogP contribution is 2.17. The van der Waals surface area contributed by atoms with Gasteiger partial charge in [0, 0.05) is 24.6 Å². The van der Waals surface area contributed by atoms with Gasteiger partial charge in [0.2, 0.25) is 5.91 Å². The highest BCUT2D eigenvalue weighted by Gasteiger charge is 2.31. The van der Waals surface area contributed by atoms with E-state index in [2.05, 4.69) is 5.32 Å². The van der Waals surface area contributed by atoms with Gasteiger partial charge >= 0.3 is 5.97 Å². The molecule has 84 valence electrons. The molecule has 1 aliphatic rings. The second-order valence-corrected chi connectivity index (χ2v) is 3.67. The van der Waals surface area contributed by atoms with Crippen molar-refractivity contribution >= 4 is 11.9 Å². The Morgan fingerprint density at radius 1 is 1.53 bits per heavy atom. The van der Waals surface area contributed by atoms with Crippen LogP contribution >= 0.6 is 0 Å². The summed E-state index contributed by atoms with van der Waals surface area (Å²) in [6.45, 7) is 1.37. The first kappa shape index (κ1) is 11.7. The molecule has 1 rings (SSSR count). The van der Waals surface area contributed by atoms with Gasteiger partial charge < -0.3 is 21.9 Å². The van der Waals surface area contributed by atoms with E-state index in [1.54, 1.807) is 0 Å². The van der Waals surface area contributed by atoms with Gasteiger partial charge in [-0.1, -0.05) is 6.08 Å². The van der Waals surface area contributed by atoms with E-state index < -0.39 is 24.1 Å². The molecule has 0 heterocycles. The minimum absolute atomic E-state index is 0.205. The van der Waals surface area contributed by atoms with Crippen LogP contribution in [-0.2, 0) is 9.59 Å². The number of carboxylic acids is 1. The van der Waals surface area contributed by atoms with Gasteiger partial charge in [-0.25, -0.2) is 4.79 Å². The number of rotatable bonds is 2. The van der Waals surface area contributed by atoms with Gasteiger partial charge in [0.25, 0.3) is 0 Å². The van der Waals surface area contributed by atoms with E-state index in [1.807, 2.05) is 0 Å². The highest BCUT2D eigenvalue weighted by atomic mass is 16.4. The quantitative estimate of drug-likeness (QED) is 0.448. The summed E-state index contributed by atoms with van der Waals surface area (Å²) in [5, 5.41) is 11.4. The Balaban J connectivity index is 2.80. The molecule has 1 aliphatic carbocycles. The standard InChI is InChI=1S/C9H15N3O3/c1-4(13)12-8-6(10)2-5(9(14)15)3-7(8)11/h2,6-8H,3,10-11H2,1H3,(H,12,13)(H,14,15)/t6-,7+,8?/m1/s1. The molecule has 0 aromatic carbocycles. The predicted molar refractivity (Wildman–Crippen MR) is 53.9 cm³/mol. The van der Waals surface area contributed by atoms with Crippen LogP contribution in [0.4, 0.5) is 0 Å². The predicted octanol–water partition coefficient (Wildman–Crippen LogP) is -1.44. The fourth-order valence-corrected chi connectivity index (χ4v) is 1.67. The lowest BCUT2D eigenvalue weighted by atomic mass is 9.87. The summed E-state index contributed by atoms with van der Waals surface area (Å²) < 4.78 is 0. The Kier molecular flexibility index (Phi) is 3.43. The van der Waals surface area contributed by atoms with E-state index in [0.717, 1.165) is 0 Å². The Hall–Kier alpha value is -1.40. The number of nitrogens with two attached hydrogens (primary N) is 2. The molecule has 1 amide bonds. The molecular formula is C9H15N3O3. The van der Waals surface area contributed by atoms with Gasteiger partial charge in [0.15, 0.2) is 0 Å². The summed E-state index contributed by atoms with van der Waals surface area (Å²) in [6, 6.07) is -1.41. The maximum Gasteiger partial charge on any atom is 0.331 e. The second-order valence-electron chi connectivity index (χ2n) is 3.67. The molecule has 0 aromatic heterocycles. The topological polar surface area (TPSA) is 118 Å². The average Bonchev–Trinajstić information content (AvgIpc) is 2.10. The number of aliphatic carboxylic acids is 1. The van der Waals surface area contributed by atoms with Crippen molar-refractivity contribution in [2.75, 3.05) is 0 Å². The Morgan fingerprint density at radius 2 is 2.13 bits per heavy atom. The largest absolute Gasteiger partial charge is 0.478 e. The molecule has 0 spiro atoms. The molecular weight excluding hydrogens is 198 g/mol. The second kappa shape index (κ2) is 4.41. The smallest absolute Gasteiger partial charge is 0.331 e. The van der Waals surface area contributed by atoms with E-state index in [0.29, 0.717) is 0 Å². The summed E-state index contributed by atoms with van der Waals surface area (Å²) in [7, 11) is 0. The molecule has 6 nitrogen and oxygen atoms in total. The van der Waals surface area contributed by atoms with E-state index in [9.17, 15) is 9.59 Å². The van der Waals surface area contributed by atoms with Gasteiger partial charge in [-0.05, 0) is 6.42 Å². The van der Waals surface area contributed by atoms with Crippen LogP contribution in [0.25, 0.3) is 0 Å². The Bertz CT molecular complexity index is 314. The van der Waals surface area contributed by atoms with Crippen molar-refractivity contribution < 1.29 is 14.7 Å². The third kappa shape index (κ3) is 2.77. The van der Waals surface area contributed by atoms with Gasteiger partial charge in [0.05, 0.1) is 6.04 Å². The third-order valence-corrected chi connectivity index (χ3v) is 2.37. The van der Waals surface area contributed by atoms with E-state index in [-0.39, 0.29) is 17.9 Å². The molecule has 0 saturated heterocycles. The molecule has 0 aliphatic heterocycles. The molecule has 0 saturated carbocycles. The van der Waals surface area contributed by atoms with Crippen LogP contribution in [0, 0.1) is 0 Å². The number of amides is 1. The fraction of sp³-hybridized carbons (Fsp3) is 0.556. The molecule has 0 bridgehead atoms. The number of carboxylic acid groups (broad SMARTS) is 1. The lowest BCUT2D eigenvalue weighted by Crippen LogP contribution is -2.58. The van der Waals surface area contributed by atoms with Crippen molar-refractivity contribution in [3.63, 3.8) is 0 Å². The third-order valence-electron chi connectivity index (χ3n) is 2.37. The fourth-order valence-electron chi connectivity index (χ4n) is 1.67. The van der Waals surface area contributed by atoms with Crippen molar-refractivity contribution in [1.29, 1.82) is 0 Å². The molecule has 15 heavy (non-hydrogen) atoms. The molecule has 0 radical (unpaired) electrons. The SMILES string of the molecule is CC(=O)NC1[C@H](N)C=C(C(=O)O)C[C@@H]1N. The van der Waals surface area contributed by atoms with Gasteiger partial charge in [-0.3, -0.25) is 4.79 Å². The summed E-state index contributed by atoms with van der Waals surface area (Å²) in [5.74, 6) is -1.24. The van der Waals surface area contributed by atoms with Crippen molar-refractivity contribution in [3.05, 3.63) is 11.6 Å². The Morgan fingerprint density at radius 3 is 2.53 bits per heavy atom. The van der Waals surface area contributed by atoms with E-state index in [4.69, 9.17) is 16.6 Å². The summed E-state index contributed by atoms with van der Waals surface area (Å²) in [6.07, 6.45) is 1.65. The highest BCUT2D eigenvalue weighted by molar-refractivity contribution is 5.87. The number of nitrogens with one attached hydrogen (secondary N) is 1. The number of hydrogen-bond acceptors (Lipinski definition) is 4. The maximum atomic E-state index is 10.9. The van der Waals surface area contributed by atoms with Crippen molar-refractivity contribution in [1.82, 2.24) is 5.32 Å². The number of carbonyl (C=O) groups excluding carboxylic acids is 1. The van der Waals surface area contributed by atoms with Gasteiger partial charge in [-0.15, -0.1) is 0 Å². The summed E-state index contributed by atoms with van der Waals surface area (Å²) >= 11 is 0. The van der Waals surface area contributed by atoms with Crippen molar-refractivity contribution in [2.45, 2.75) is 31.5 Å². The lowest BCUT2D eigenvalue weighted by Gasteiger charge is -2.32. The van der Waals surface area contributed by atoms with E-state index >= 15 is 0 Å². The van der Waals surface area contributed by atoms with Crippen LogP contribution < -0.4 is 16.8 Å². The van der Waals surface area contributed by atoms with Gasteiger partial charge in [-0.2, -0.15) is 0 Å². The molecule has 6 N–H and O–H groups in total. The Labute approximate surface area is 87.3 Å². The number of carbonyl (C=O) groups is 2. The molecule has 0 fully saturated rings. The van der Waals surface area contributed by atoms with Crippen LogP contribution in [0.15, 0.2) is 11.6 Å². The van der Waals surface area contributed by atoms with Crippen LogP contribution in [0.2, 0.25) is 0 Å². The van der Waals surface area contributed by atoms with Crippen LogP contribution in [0.1, 0.15) is 13.3 Å². The maximum absolute atomic E-state index is 10.9. The van der Waals surface area contributed by atoms with Crippen molar-refractivity contribution in [2.24, 2.45) is 11.5 Å². The van der Waals surface area contributed by atoms with E-state index in [1.165, 1.54) is 13.0 Å². The zero-order valence-corrected chi connectivity index (χ0v) is 8.43. The minimum atomic E-state index is -1.01. The number of hydrogen-bond donors (Lipinski definition) is 4. The zero-order valence-electron chi connectivity index (χ0n) is 8.43. The average molecular weight is 213 g/mol. The first-order valence-corrected chi connectivity index (χ1v) is 4.64. The minimum Gasteiger partial charge on any atom is -0.478 e. The molecule has 3 atom stereocenters. The molecule has 6 heteroatoms. The summed E-state index contributed by atoms with van der Waals surface area (Å²) in [4.78, 5) is 21.6. The first-order chi connectivity index (χ1) is 6.91. The summed E-state index contributed by atoms with van der Waals surface area (Å²) in [5.41, 5.74) is 11.7. The lowest BCUT2D eigenvalue weighted by molar-refractivity contribution is -0.133.